The molecule has 2 N–H and O–H groups in total. The zero-order valence-electron chi connectivity index (χ0n) is 16.9. The maximum atomic E-state index is 13.5. The minimum Gasteiger partial charge on any atom is -0.461 e. The number of imide groups is 1. The van der Waals surface area contributed by atoms with Crippen molar-refractivity contribution in [2.45, 2.75) is 24.9 Å². The van der Waals surface area contributed by atoms with Gasteiger partial charge in [0.25, 0.3) is 0 Å². The molecule has 0 unspecified atom stereocenters. The third kappa shape index (κ3) is 3.10. The van der Waals surface area contributed by atoms with Crippen molar-refractivity contribution in [3.63, 3.8) is 0 Å². The van der Waals surface area contributed by atoms with Crippen LogP contribution in [0.3, 0.4) is 0 Å². The minimum absolute atomic E-state index is 0.166. The molecule has 2 saturated heterocycles. The van der Waals surface area contributed by atoms with Gasteiger partial charge in [-0.25, -0.2) is 9.18 Å². The molecular weight excluding hydrogens is 387 g/mol. The minimum atomic E-state index is -1.28. The monoisotopic (exact) mass is 411 g/mol. The fraction of sp³-hybridized carbons (Fsp3) is 0.348. The molecule has 2 heterocycles. The van der Waals surface area contributed by atoms with Gasteiger partial charge in [0.1, 0.15) is 23.7 Å². The topological polar surface area (TPSA) is 80.3 Å². The highest BCUT2D eigenvalue weighted by atomic mass is 19.1. The van der Waals surface area contributed by atoms with Gasteiger partial charge in [0, 0.05) is 19.0 Å². The summed E-state index contributed by atoms with van der Waals surface area (Å²) >= 11 is 0. The number of amides is 2. The lowest BCUT2D eigenvalue weighted by atomic mass is 9.76. The van der Waals surface area contributed by atoms with Gasteiger partial charge < -0.3 is 10.1 Å². The summed E-state index contributed by atoms with van der Waals surface area (Å²) in [4.78, 5) is 40.6. The number of nitrogens with zero attached hydrogens (tertiary/aromatic N) is 1. The van der Waals surface area contributed by atoms with Crippen molar-refractivity contribution in [3.8, 4) is 0 Å². The van der Waals surface area contributed by atoms with E-state index in [1.54, 1.807) is 24.4 Å². The number of halogens is 1. The first-order chi connectivity index (χ1) is 14.4. The number of hydrogen-bond acceptors (Lipinski definition) is 4. The van der Waals surface area contributed by atoms with Gasteiger partial charge in [0.05, 0.1) is 6.61 Å². The predicted molar refractivity (Wildman–Crippen MR) is 105 cm³/mol. The van der Waals surface area contributed by atoms with E-state index in [4.69, 9.17) is 4.74 Å². The maximum Gasteiger partial charge on any atom is 0.369 e. The number of carbonyl (C=O) groups is 3. The van der Waals surface area contributed by atoms with Crippen LogP contribution in [-0.4, -0.2) is 41.9 Å². The fourth-order valence-corrected chi connectivity index (χ4v) is 4.89. The van der Waals surface area contributed by atoms with Gasteiger partial charge in [-0.15, -0.1) is 0 Å². The number of quaternary nitrogens is 1. The van der Waals surface area contributed by atoms with Crippen LogP contribution < -0.4 is 5.32 Å². The molecule has 30 heavy (non-hydrogen) atoms. The first kappa shape index (κ1) is 20.2. The third-order valence-corrected chi connectivity index (χ3v) is 6.24. The molecule has 4 rings (SSSR count). The van der Waals surface area contributed by atoms with E-state index in [9.17, 15) is 18.8 Å². The number of likely N-dealkylation sites (tertiary alicyclic amines) is 1. The molecular formula is C23H24FN2O4+. The van der Waals surface area contributed by atoms with Gasteiger partial charge in [-0.3, -0.25) is 14.5 Å². The second-order valence-electron chi connectivity index (χ2n) is 7.91. The second kappa shape index (κ2) is 7.65. The highest BCUT2D eigenvalue weighted by Crippen LogP contribution is 2.45. The summed E-state index contributed by atoms with van der Waals surface area (Å²) in [6.07, 6.45) is 0.248. The quantitative estimate of drug-likeness (QED) is 0.593. The number of hydrogen-bond donors (Lipinski definition) is 1. The molecule has 2 amide bonds. The molecule has 156 valence electrons. The van der Waals surface area contributed by atoms with Crippen molar-refractivity contribution in [1.29, 1.82) is 0 Å². The molecule has 2 aromatic rings. The van der Waals surface area contributed by atoms with Crippen molar-refractivity contribution >= 4 is 17.8 Å². The van der Waals surface area contributed by atoms with Crippen molar-refractivity contribution in [1.82, 2.24) is 4.90 Å². The smallest absolute Gasteiger partial charge is 0.369 e. The average Bonchev–Trinajstić information content (AvgIpc) is 3.20. The number of fused-ring (bicyclic) bond motifs is 1. The molecule has 0 spiro atoms. The van der Waals surface area contributed by atoms with Crippen LogP contribution in [0.4, 0.5) is 4.39 Å². The van der Waals surface area contributed by atoms with Crippen LogP contribution in [0, 0.1) is 17.7 Å². The Morgan fingerprint density at radius 3 is 2.40 bits per heavy atom. The van der Waals surface area contributed by atoms with E-state index in [2.05, 4.69) is 0 Å². The van der Waals surface area contributed by atoms with Crippen LogP contribution in [0.15, 0.2) is 54.6 Å². The molecule has 2 fully saturated rings. The standard InChI is InChI=1S/C23H23FN2O4/c1-3-30-22(29)23(13-14-7-5-4-6-8-14)18-17(20(27)26(2)21(18)28)19(25-23)15-9-11-16(24)12-10-15/h4-12,17-19,25H,3,13H2,1-2H3/p+1/t17-,18+,19-,23+/m0/s1. The Kier molecular flexibility index (Phi) is 5.15. The maximum absolute atomic E-state index is 13.5. The number of nitrogens with two attached hydrogens (primary N) is 1. The molecule has 0 saturated carbocycles. The Morgan fingerprint density at radius 2 is 1.77 bits per heavy atom. The largest absolute Gasteiger partial charge is 0.461 e. The van der Waals surface area contributed by atoms with Gasteiger partial charge in [0.2, 0.25) is 17.4 Å². The summed E-state index contributed by atoms with van der Waals surface area (Å²) in [5.41, 5.74) is 0.288. The average molecular weight is 411 g/mol. The van der Waals surface area contributed by atoms with Gasteiger partial charge in [-0.1, -0.05) is 42.5 Å². The summed E-state index contributed by atoms with van der Waals surface area (Å²) in [5, 5.41) is 1.80. The number of carbonyl (C=O) groups excluding carboxylic acids is 3. The zero-order valence-corrected chi connectivity index (χ0v) is 16.9. The van der Waals surface area contributed by atoms with E-state index in [1.165, 1.54) is 19.2 Å². The van der Waals surface area contributed by atoms with Crippen LogP contribution >= 0.6 is 0 Å². The molecule has 0 aliphatic carbocycles. The van der Waals surface area contributed by atoms with Crippen LogP contribution in [0.5, 0.6) is 0 Å². The number of esters is 1. The van der Waals surface area contributed by atoms with Crippen molar-refractivity contribution < 1.29 is 28.8 Å². The second-order valence-corrected chi connectivity index (χ2v) is 7.91. The van der Waals surface area contributed by atoms with Gasteiger partial charge in [-0.2, -0.15) is 0 Å². The van der Waals surface area contributed by atoms with E-state index >= 15 is 0 Å². The van der Waals surface area contributed by atoms with Crippen molar-refractivity contribution in [3.05, 3.63) is 71.5 Å². The molecule has 0 radical (unpaired) electrons. The van der Waals surface area contributed by atoms with E-state index in [-0.39, 0.29) is 30.7 Å². The molecule has 0 bridgehead atoms. The van der Waals surface area contributed by atoms with Crippen molar-refractivity contribution in [2.24, 2.45) is 11.8 Å². The Labute approximate surface area is 174 Å². The van der Waals surface area contributed by atoms with E-state index in [0.29, 0.717) is 5.56 Å². The van der Waals surface area contributed by atoms with Gasteiger partial charge in [-0.05, 0) is 24.6 Å². The lowest BCUT2D eigenvalue weighted by Gasteiger charge is -2.29. The fourth-order valence-electron chi connectivity index (χ4n) is 4.89. The number of benzene rings is 2. The predicted octanol–water partition coefficient (Wildman–Crippen LogP) is 1.22. The summed E-state index contributed by atoms with van der Waals surface area (Å²) in [6.45, 7) is 1.88. The molecule has 2 aliphatic rings. The van der Waals surface area contributed by atoms with Crippen LogP contribution in [0.2, 0.25) is 0 Å². The Bertz CT molecular complexity index is 978. The molecule has 0 aromatic heterocycles. The Balaban J connectivity index is 1.85. The van der Waals surface area contributed by atoms with Gasteiger partial charge in [0.15, 0.2) is 0 Å². The summed E-state index contributed by atoms with van der Waals surface area (Å²) in [6, 6.07) is 14.7. The molecule has 2 aliphatic heterocycles. The molecule has 4 atom stereocenters. The summed E-state index contributed by atoms with van der Waals surface area (Å²) < 4.78 is 18.9. The van der Waals surface area contributed by atoms with Gasteiger partial charge >= 0.3 is 5.97 Å². The lowest BCUT2D eigenvalue weighted by Crippen LogP contribution is -2.98. The molecule has 6 nitrogen and oxygen atoms in total. The van der Waals surface area contributed by atoms with Crippen LogP contribution in [0.1, 0.15) is 24.1 Å². The highest BCUT2D eigenvalue weighted by Gasteiger charge is 2.72. The number of ether oxygens (including phenoxy) is 1. The van der Waals surface area contributed by atoms with E-state index in [0.717, 1.165) is 10.5 Å². The molecule has 2 aromatic carbocycles. The summed E-state index contributed by atoms with van der Waals surface area (Å²) in [7, 11) is 1.45. The van der Waals surface area contributed by atoms with Crippen LogP contribution in [-0.2, 0) is 25.5 Å². The summed E-state index contributed by atoms with van der Waals surface area (Å²) in [5.74, 6) is -3.18. The lowest BCUT2D eigenvalue weighted by molar-refractivity contribution is -0.734. The molecule has 7 heteroatoms. The Morgan fingerprint density at radius 1 is 1.10 bits per heavy atom. The first-order valence-corrected chi connectivity index (χ1v) is 10.0. The zero-order chi connectivity index (χ0) is 21.5. The number of rotatable bonds is 5. The normalized spacial score (nSPS) is 28.0. The van der Waals surface area contributed by atoms with E-state index < -0.39 is 29.4 Å². The van der Waals surface area contributed by atoms with Crippen molar-refractivity contribution in [2.75, 3.05) is 13.7 Å². The third-order valence-electron chi connectivity index (χ3n) is 6.24. The van der Waals surface area contributed by atoms with Crippen LogP contribution in [0.25, 0.3) is 0 Å². The Hall–Kier alpha value is -3.06. The first-order valence-electron chi connectivity index (χ1n) is 10.0. The van der Waals surface area contributed by atoms with E-state index in [1.807, 2.05) is 30.3 Å². The highest BCUT2D eigenvalue weighted by molar-refractivity contribution is 6.08. The SMILES string of the molecule is CCOC(=O)[C@]1(Cc2ccccc2)[NH2+][C@@H](c2ccc(F)cc2)[C@H]2C(=O)N(C)C(=O)[C@@H]21.